The first-order chi connectivity index (χ1) is 9.11. The lowest BCUT2D eigenvalue weighted by Gasteiger charge is -2.16. The Morgan fingerprint density at radius 2 is 1.79 bits per heavy atom. The summed E-state index contributed by atoms with van der Waals surface area (Å²) < 4.78 is 8.18. The van der Waals surface area contributed by atoms with Gasteiger partial charge in [0.15, 0.2) is 0 Å². The molecular formula is C13H11N3O2S. The van der Waals surface area contributed by atoms with Gasteiger partial charge in [-0.1, -0.05) is 13.0 Å². The molecule has 1 aromatic heterocycles. The molecule has 0 saturated carbocycles. The zero-order valence-electron chi connectivity index (χ0n) is 10.3. The van der Waals surface area contributed by atoms with Crippen LogP contribution in [0.15, 0.2) is 24.8 Å². The molecular weight excluding hydrogens is 262 g/mol. The lowest BCUT2D eigenvalue weighted by atomic mass is 10.1. The normalized spacial score (nSPS) is 15.9. The molecule has 0 saturated heterocycles. The van der Waals surface area contributed by atoms with E-state index in [-0.39, 0.29) is 17.7 Å². The van der Waals surface area contributed by atoms with Gasteiger partial charge in [-0.3, -0.25) is 14.5 Å². The Labute approximate surface area is 113 Å². The minimum absolute atomic E-state index is 0.0685. The summed E-state index contributed by atoms with van der Waals surface area (Å²) in [5.74, 6) is -0.453. The third kappa shape index (κ3) is 1.76. The van der Waals surface area contributed by atoms with Crippen molar-refractivity contribution in [2.75, 3.05) is 6.54 Å². The third-order valence-electron chi connectivity index (χ3n) is 3.22. The smallest absolute Gasteiger partial charge is 0.261 e. The Morgan fingerprint density at radius 1 is 1.26 bits per heavy atom. The van der Waals surface area contributed by atoms with Crippen LogP contribution < -0.4 is 0 Å². The molecule has 3 rings (SSSR count). The van der Waals surface area contributed by atoms with E-state index in [9.17, 15) is 9.59 Å². The lowest BCUT2D eigenvalue weighted by molar-refractivity contribution is 0.0641. The molecule has 2 heterocycles. The maximum atomic E-state index is 12.3. The Morgan fingerprint density at radius 3 is 2.26 bits per heavy atom. The number of carbonyl (C=O) groups excluding carboxylic acids is 2. The molecule has 1 aliphatic heterocycles. The summed E-state index contributed by atoms with van der Waals surface area (Å²) >= 11 is 1.07. The summed E-state index contributed by atoms with van der Waals surface area (Å²) in [5, 5.41) is 0. The first-order valence-electron chi connectivity index (χ1n) is 5.87. The molecule has 0 fully saturated rings. The highest BCUT2D eigenvalue weighted by atomic mass is 32.1. The van der Waals surface area contributed by atoms with Gasteiger partial charge in [-0.05, 0) is 18.1 Å². The van der Waals surface area contributed by atoms with Crippen molar-refractivity contribution in [2.24, 2.45) is 5.92 Å². The average molecular weight is 273 g/mol. The predicted molar refractivity (Wildman–Crippen MR) is 72.1 cm³/mol. The Balaban J connectivity index is 2.06. The molecule has 0 bridgehead atoms. The first-order valence-corrected chi connectivity index (χ1v) is 6.60. The van der Waals surface area contributed by atoms with E-state index in [1.54, 1.807) is 18.2 Å². The van der Waals surface area contributed by atoms with Crippen LogP contribution in [0.25, 0.3) is 11.0 Å². The van der Waals surface area contributed by atoms with E-state index in [1.807, 2.05) is 6.92 Å². The maximum absolute atomic E-state index is 12.3. The van der Waals surface area contributed by atoms with Crippen LogP contribution in [0.5, 0.6) is 0 Å². The highest BCUT2D eigenvalue weighted by Crippen LogP contribution is 2.27. The summed E-state index contributed by atoms with van der Waals surface area (Å²) in [6.45, 7) is 5.94. The monoisotopic (exact) mass is 273 g/mol. The molecule has 96 valence electrons. The summed E-state index contributed by atoms with van der Waals surface area (Å²) in [7, 11) is 0. The van der Waals surface area contributed by atoms with Gasteiger partial charge in [0.1, 0.15) is 11.0 Å². The number of hydrogen-bond donors (Lipinski definition) is 0. The van der Waals surface area contributed by atoms with Gasteiger partial charge >= 0.3 is 0 Å². The van der Waals surface area contributed by atoms with E-state index >= 15 is 0 Å². The summed E-state index contributed by atoms with van der Waals surface area (Å²) in [5.41, 5.74) is 2.15. The van der Waals surface area contributed by atoms with E-state index in [0.717, 1.165) is 11.7 Å². The van der Waals surface area contributed by atoms with Crippen molar-refractivity contribution in [1.82, 2.24) is 13.6 Å². The average Bonchev–Trinajstić information content (AvgIpc) is 2.95. The number of amides is 2. The quantitative estimate of drug-likeness (QED) is 0.634. The molecule has 2 amide bonds. The molecule has 1 aromatic carbocycles. The van der Waals surface area contributed by atoms with Crippen molar-refractivity contribution >= 4 is 34.6 Å². The molecule has 0 radical (unpaired) electrons. The van der Waals surface area contributed by atoms with Crippen LogP contribution in [0.3, 0.4) is 0 Å². The summed E-state index contributed by atoms with van der Waals surface area (Å²) in [4.78, 5) is 25.8. The maximum Gasteiger partial charge on any atom is 0.261 e. The summed E-state index contributed by atoms with van der Waals surface area (Å²) in [6.07, 6.45) is 1.73. The van der Waals surface area contributed by atoms with Crippen LogP contribution >= 0.6 is 11.7 Å². The van der Waals surface area contributed by atoms with Crippen LogP contribution in [0, 0.1) is 5.92 Å². The van der Waals surface area contributed by atoms with Gasteiger partial charge in [-0.15, -0.1) is 6.58 Å². The second kappa shape index (κ2) is 4.24. The van der Waals surface area contributed by atoms with E-state index < -0.39 is 0 Å². The standard InChI is InChI=1S/C13H11N3O2S/c1-3-7(2)6-16-12(17)8-4-10-11(15-19-14-10)5-9(8)13(16)18/h3-5,7H,1,6H2,2H3. The van der Waals surface area contributed by atoms with Crippen molar-refractivity contribution in [3.8, 4) is 0 Å². The third-order valence-corrected chi connectivity index (χ3v) is 3.77. The number of imide groups is 1. The largest absolute Gasteiger partial charge is 0.274 e. The van der Waals surface area contributed by atoms with Gasteiger partial charge in [-0.25, -0.2) is 0 Å². The number of hydrogen-bond acceptors (Lipinski definition) is 5. The molecule has 2 aromatic rings. The van der Waals surface area contributed by atoms with Gasteiger partial charge in [0.25, 0.3) is 11.8 Å². The van der Waals surface area contributed by atoms with E-state index in [0.29, 0.717) is 28.7 Å². The van der Waals surface area contributed by atoms with E-state index in [2.05, 4.69) is 15.3 Å². The Hall–Kier alpha value is -2.08. The molecule has 1 atom stereocenters. The van der Waals surface area contributed by atoms with Crippen molar-refractivity contribution in [2.45, 2.75) is 6.92 Å². The van der Waals surface area contributed by atoms with Crippen molar-refractivity contribution in [1.29, 1.82) is 0 Å². The lowest BCUT2D eigenvalue weighted by Crippen LogP contribution is -2.33. The summed E-state index contributed by atoms with van der Waals surface area (Å²) in [6, 6.07) is 3.29. The minimum atomic E-state index is -0.261. The molecule has 0 spiro atoms. The molecule has 1 aliphatic rings. The van der Waals surface area contributed by atoms with Crippen LogP contribution in [0.1, 0.15) is 27.6 Å². The highest BCUT2D eigenvalue weighted by molar-refractivity contribution is 7.00. The van der Waals surface area contributed by atoms with Crippen molar-refractivity contribution in [3.63, 3.8) is 0 Å². The van der Waals surface area contributed by atoms with E-state index in [4.69, 9.17) is 0 Å². The zero-order valence-corrected chi connectivity index (χ0v) is 11.1. The van der Waals surface area contributed by atoms with Gasteiger partial charge in [0, 0.05) is 6.54 Å². The van der Waals surface area contributed by atoms with Crippen LogP contribution in [-0.2, 0) is 0 Å². The number of nitrogens with zero attached hydrogens (tertiary/aromatic N) is 3. The second-order valence-electron chi connectivity index (χ2n) is 4.58. The number of carbonyl (C=O) groups is 2. The van der Waals surface area contributed by atoms with E-state index in [1.165, 1.54) is 4.90 Å². The number of aromatic nitrogens is 2. The molecule has 6 heteroatoms. The molecule has 0 aliphatic carbocycles. The van der Waals surface area contributed by atoms with Gasteiger partial charge in [0.05, 0.1) is 22.9 Å². The van der Waals surface area contributed by atoms with Gasteiger partial charge in [0.2, 0.25) is 0 Å². The highest BCUT2D eigenvalue weighted by Gasteiger charge is 2.36. The Kier molecular flexibility index (Phi) is 2.67. The number of benzene rings is 1. The number of rotatable bonds is 3. The minimum Gasteiger partial charge on any atom is -0.274 e. The predicted octanol–water partition coefficient (Wildman–Crippen LogP) is 2.11. The van der Waals surface area contributed by atoms with Crippen molar-refractivity contribution in [3.05, 3.63) is 35.9 Å². The fraction of sp³-hybridized carbons (Fsp3) is 0.231. The SMILES string of the molecule is C=CC(C)CN1C(=O)c2cc3nsnc3cc2C1=O. The van der Waals surface area contributed by atoms with Crippen LogP contribution in [0.4, 0.5) is 0 Å². The van der Waals surface area contributed by atoms with Crippen molar-refractivity contribution < 1.29 is 9.59 Å². The Bertz CT molecular complexity index is 657. The topological polar surface area (TPSA) is 63.2 Å². The fourth-order valence-corrected chi connectivity index (χ4v) is 2.61. The zero-order chi connectivity index (χ0) is 13.6. The molecule has 5 nitrogen and oxygen atoms in total. The van der Waals surface area contributed by atoms with Gasteiger partial charge < -0.3 is 0 Å². The van der Waals surface area contributed by atoms with Gasteiger partial charge in [-0.2, -0.15) is 8.75 Å². The fourth-order valence-electron chi connectivity index (χ4n) is 2.10. The molecule has 19 heavy (non-hydrogen) atoms. The molecule has 1 unspecified atom stereocenters. The first kappa shape index (κ1) is 12.0. The molecule has 0 N–H and O–H groups in total. The van der Waals surface area contributed by atoms with Crippen LogP contribution in [0.2, 0.25) is 0 Å². The second-order valence-corrected chi connectivity index (χ2v) is 5.11. The van der Waals surface area contributed by atoms with Crippen LogP contribution in [-0.4, -0.2) is 32.0 Å². The number of fused-ring (bicyclic) bond motifs is 2.